The average molecular weight is 404 g/mol. The summed E-state index contributed by atoms with van der Waals surface area (Å²) < 4.78 is 5.15. The molecule has 1 amide bonds. The second kappa shape index (κ2) is 9.32. The van der Waals surface area contributed by atoms with E-state index in [1.807, 2.05) is 36.4 Å². The van der Waals surface area contributed by atoms with Crippen molar-refractivity contribution in [3.8, 4) is 5.75 Å². The van der Waals surface area contributed by atoms with E-state index >= 15 is 0 Å². The van der Waals surface area contributed by atoms with Crippen LogP contribution in [0.1, 0.15) is 24.6 Å². The van der Waals surface area contributed by atoms with Gasteiger partial charge in [-0.25, -0.2) is 9.97 Å². The molecule has 1 atom stereocenters. The Balaban J connectivity index is 1.36. The van der Waals surface area contributed by atoms with Crippen LogP contribution in [-0.2, 0) is 4.79 Å². The first-order valence-corrected chi connectivity index (χ1v) is 9.89. The van der Waals surface area contributed by atoms with Gasteiger partial charge < -0.3 is 15.4 Å². The summed E-state index contributed by atoms with van der Waals surface area (Å²) in [5, 5.41) is 6.08. The van der Waals surface area contributed by atoms with Gasteiger partial charge >= 0.3 is 0 Å². The lowest BCUT2D eigenvalue weighted by atomic mass is 10.1. The van der Waals surface area contributed by atoms with Gasteiger partial charge in [0.1, 0.15) is 5.75 Å². The molecule has 0 spiro atoms. The highest BCUT2D eigenvalue weighted by molar-refractivity contribution is 5.92. The molecule has 0 aliphatic carbocycles. The fraction of sp³-hybridized carbons (Fsp3) is 0.273. The molecule has 3 aromatic rings. The molecule has 1 aromatic carbocycles. The summed E-state index contributed by atoms with van der Waals surface area (Å²) in [5.41, 5.74) is 2.55. The first-order chi connectivity index (χ1) is 14.7. The summed E-state index contributed by atoms with van der Waals surface area (Å²) in [6, 6.07) is 13.2. The first-order valence-electron chi connectivity index (χ1n) is 9.89. The van der Waals surface area contributed by atoms with Crippen LogP contribution in [0.2, 0.25) is 0 Å². The van der Waals surface area contributed by atoms with Gasteiger partial charge in [0.2, 0.25) is 11.9 Å². The summed E-state index contributed by atoms with van der Waals surface area (Å²) >= 11 is 0. The molecule has 3 heterocycles. The van der Waals surface area contributed by atoms with Crippen LogP contribution in [0.25, 0.3) is 0 Å². The van der Waals surface area contributed by atoms with E-state index in [1.165, 1.54) is 0 Å². The molecule has 1 aliphatic heterocycles. The van der Waals surface area contributed by atoms with E-state index in [-0.39, 0.29) is 11.9 Å². The quantitative estimate of drug-likeness (QED) is 0.623. The molecular formula is C22H24N6O2. The van der Waals surface area contributed by atoms with Gasteiger partial charge in [0, 0.05) is 18.1 Å². The van der Waals surface area contributed by atoms with Crippen molar-refractivity contribution in [2.45, 2.75) is 18.9 Å². The molecule has 1 fully saturated rings. The maximum absolute atomic E-state index is 12.5. The predicted octanol–water partition coefficient (Wildman–Crippen LogP) is 3.40. The van der Waals surface area contributed by atoms with Gasteiger partial charge in [0.25, 0.3) is 0 Å². The molecule has 8 nitrogen and oxygen atoms in total. The molecule has 1 saturated heterocycles. The standard InChI is InChI=1S/C22H24N6O2/c1-30-18-8-5-16(6-9-18)26-21(29)15-28-13-2-4-20(28)19-10-7-17(14-25-19)27-22-23-11-3-12-24-22/h3,5-12,14,20H,2,4,13,15H2,1H3,(H,26,29)(H,23,24,27). The highest BCUT2D eigenvalue weighted by Crippen LogP contribution is 2.31. The Bertz CT molecular complexity index is 963. The van der Waals surface area contributed by atoms with Crippen molar-refractivity contribution in [1.82, 2.24) is 19.9 Å². The number of benzene rings is 1. The Morgan fingerprint density at radius 2 is 1.87 bits per heavy atom. The minimum absolute atomic E-state index is 0.0356. The summed E-state index contributed by atoms with van der Waals surface area (Å²) in [6.45, 7) is 1.20. The van der Waals surface area contributed by atoms with E-state index in [0.717, 1.165) is 42.2 Å². The van der Waals surface area contributed by atoms with E-state index in [9.17, 15) is 4.79 Å². The summed E-state index contributed by atoms with van der Waals surface area (Å²) in [6.07, 6.45) is 7.17. The number of hydrogen-bond acceptors (Lipinski definition) is 7. The minimum atomic E-state index is -0.0356. The number of likely N-dealkylation sites (tertiary alicyclic amines) is 1. The molecule has 0 radical (unpaired) electrons. The number of carbonyl (C=O) groups excluding carboxylic acids is 1. The average Bonchev–Trinajstić information content (AvgIpc) is 3.23. The Morgan fingerprint density at radius 1 is 1.10 bits per heavy atom. The Labute approximate surface area is 175 Å². The van der Waals surface area contributed by atoms with Gasteiger partial charge in [-0.1, -0.05) is 0 Å². The molecule has 8 heteroatoms. The van der Waals surface area contributed by atoms with E-state index in [0.29, 0.717) is 12.5 Å². The molecule has 0 saturated carbocycles. The van der Waals surface area contributed by atoms with Crippen molar-refractivity contribution < 1.29 is 9.53 Å². The van der Waals surface area contributed by atoms with Crippen molar-refractivity contribution in [1.29, 1.82) is 0 Å². The van der Waals surface area contributed by atoms with Gasteiger partial charge in [-0.05, 0) is 61.9 Å². The topological polar surface area (TPSA) is 92.3 Å². The van der Waals surface area contributed by atoms with Gasteiger partial charge in [0.05, 0.1) is 37.3 Å². The predicted molar refractivity (Wildman–Crippen MR) is 115 cm³/mol. The monoisotopic (exact) mass is 404 g/mol. The fourth-order valence-corrected chi connectivity index (χ4v) is 3.58. The SMILES string of the molecule is COc1ccc(NC(=O)CN2CCCC2c2ccc(Nc3ncccn3)cn2)cc1. The van der Waals surface area contributed by atoms with Crippen molar-refractivity contribution in [2.24, 2.45) is 0 Å². The lowest BCUT2D eigenvalue weighted by molar-refractivity contribution is -0.117. The number of anilines is 3. The van der Waals surface area contributed by atoms with Crippen LogP contribution in [-0.4, -0.2) is 46.0 Å². The van der Waals surface area contributed by atoms with Crippen molar-refractivity contribution in [3.63, 3.8) is 0 Å². The number of rotatable bonds is 7. The zero-order valence-corrected chi connectivity index (χ0v) is 16.8. The van der Waals surface area contributed by atoms with Crippen LogP contribution in [0.4, 0.5) is 17.3 Å². The molecule has 2 aromatic heterocycles. The highest BCUT2D eigenvalue weighted by Gasteiger charge is 2.28. The number of aromatic nitrogens is 3. The van der Waals surface area contributed by atoms with Crippen LogP contribution in [0.15, 0.2) is 61.1 Å². The number of nitrogens with zero attached hydrogens (tertiary/aromatic N) is 4. The molecule has 4 rings (SSSR count). The number of methoxy groups -OCH3 is 1. The van der Waals surface area contributed by atoms with Gasteiger partial charge in [0.15, 0.2) is 0 Å². The fourth-order valence-electron chi connectivity index (χ4n) is 3.58. The van der Waals surface area contributed by atoms with E-state index in [2.05, 4.69) is 30.5 Å². The Morgan fingerprint density at radius 3 is 2.57 bits per heavy atom. The number of carbonyl (C=O) groups is 1. The highest BCUT2D eigenvalue weighted by atomic mass is 16.5. The third kappa shape index (κ3) is 4.90. The lowest BCUT2D eigenvalue weighted by Crippen LogP contribution is -2.33. The lowest BCUT2D eigenvalue weighted by Gasteiger charge is -2.23. The second-order valence-corrected chi connectivity index (χ2v) is 7.07. The second-order valence-electron chi connectivity index (χ2n) is 7.07. The molecule has 2 N–H and O–H groups in total. The Hall–Kier alpha value is -3.52. The van der Waals surface area contributed by atoms with Gasteiger partial charge in [-0.15, -0.1) is 0 Å². The van der Waals surface area contributed by atoms with Crippen LogP contribution in [0, 0.1) is 0 Å². The molecule has 1 aliphatic rings. The van der Waals surface area contributed by atoms with Crippen LogP contribution in [0.3, 0.4) is 0 Å². The zero-order chi connectivity index (χ0) is 20.8. The van der Waals surface area contributed by atoms with Crippen molar-refractivity contribution in [2.75, 3.05) is 30.8 Å². The third-order valence-electron chi connectivity index (χ3n) is 5.03. The summed E-state index contributed by atoms with van der Waals surface area (Å²) in [4.78, 5) is 27.6. The normalized spacial score (nSPS) is 16.2. The number of amides is 1. The van der Waals surface area contributed by atoms with Crippen molar-refractivity contribution in [3.05, 3.63) is 66.7 Å². The maximum Gasteiger partial charge on any atom is 0.238 e. The smallest absolute Gasteiger partial charge is 0.238 e. The minimum Gasteiger partial charge on any atom is -0.497 e. The number of pyridine rings is 1. The van der Waals surface area contributed by atoms with Crippen molar-refractivity contribution >= 4 is 23.2 Å². The van der Waals surface area contributed by atoms with Crippen LogP contribution < -0.4 is 15.4 Å². The number of nitrogens with one attached hydrogen (secondary N) is 2. The van der Waals surface area contributed by atoms with E-state index in [4.69, 9.17) is 4.74 Å². The van der Waals surface area contributed by atoms with E-state index in [1.54, 1.807) is 31.8 Å². The summed E-state index contributed by atoms with van der Waals surface area (Å²) in [5.74, 6) is 1.26. The molecule has 30 heavy (non-hydrogen) atoms. The van der Waals surface area contributed by atoms with E-state index < -0.39 is 0 Å². The van der Waals surface area contributed by atoms with Crippen LogP contribution >= 0.6 is 0 Å². The molecule has 0 bridgehead atoms. The molecule has 154 valence electrons. The van der Waals surface area contributed by atoms with Crippen LogP contribution in [0.5, 0.6) is 5.75 Å². The number of ether oxygens (including phenoxy) is 1. The summed E-state index contributed by atoms with van der Waals surface area (Å²) in [7, 11) is 1.62. The zero-order valence-electron chi connectivity index (χ0n) is 16.8. The number of hydrogen-bond donors (Lipinski definition) is 2. The maximum atomic E-state index is 12.5. The molecule has 1 unspecified atom stereocenters. The van der Waals surface area contributed by atoms with Gasteiger partial charge in [-0.3, -0.25) is 14.7 Å². The van der Waals surface area contributed by atoms with Gasteiger partial charge in [-0.2, -0.15) is 0 Å². The largest absolute Gasteiger partial charge is 0.497 e. The third-order valence-corrected chi connectivity index (χ3v) is 5.03. The molecular weight excluding hydrogens is 380 g/mol. The first kappa shape index (κ1) is 19.8. The Kier molecular flexibility index (Phi) is 6.14.